The number of anilines is 1. The van der Waals surface area contributed by atoms with Crippen molar-refractivity contribution in [1.82, 2.24) is 9.97 Å². The number of alkyl halides is 1. The Labute approximate surface area is 101 Å². The van der Waals surface area contributed by atoms with Crippen molar-refractivity contribution in [2.45, 2.75) is 25.3 Å². The predicted octanol–water partition coefficient (Wildman–Crippen LogP) is 1.83. The molecule has 0 spiro atoms. The van der Waals surface area contributed by atoms with Gasteiger partial charge in [-0.25, -0.2) is 9.97 Å². The van der Waals surface area contributed by atoms with Crippen LogP contribution in [-0.4, -0.2) is 35.3 Å². The minimum absolute atomic E-state index is 0.132. The molecule has 2 heterocycles. The van der Waals surface area contributed by atoms with Gasteiger partial charge in [-0.05, 0) is 13.8 Å². The number of halogens is 1. The minimum Gasteiger partial charge on any atom is -0.372 e. The van der Waals surface area contributed by atoms with Gasteiger partial charge in [-0.15, -0.1) is 11.6 Å². The van der Waals surface area contributed by atoms with Gasteiger partial charge in [0.15, 0.2) is 0 Å². The molecule has 0 unspecified atom stereocenters. The highest BCUT2D eigenvalue weighted by atomic mass is 35.5. The lowest BCUT2D eigenvalue weighted by Crippen LogP contribution is -2.48. The number of rotatable bonds is 2. The van der Waals surface area contributed by atoms with Crippen LogP contribution in [0.5, 0.6) is 0 Å². The Morgan fingerprint density at radius 3 is 2.69 bits per heavy atom. The molecule has 4 nitrogen and oxygen atoms in total. The monoisotopic (exact) mass is 241 g/mol. The van der Waals surface area contributed by atoms with Crippen LogP contribution in [0.4, 0.5) is 5.95 Å². The lowest BCUT2D eigenvalue weighted by atomic mass is 10.1. The average Bonchev–Trinajstić information content (AvgIpc) is 2.28. The van der Waals surface area contributed by atoms with Crippen molar-refractivity contribution in [3.63, 3.8) is 0 Å². The van der Waals surface area contributed by atoms with Crippen LogP contribution >= 0.6 is 11.6 Å². The molecule has 0 bridgehead atoms. The molecule has 16 heavy (non-hydrogen) atoms. The molecule has 1 aliphatic heterocycles. The van der Waals surface area contributed by atoms with E-state index in [1.165, 1.54) is 0 Å². The summed E-state index contributed by atoms with van der Waals surface area (Å²) < 4.78 is 5.64. The third-order valence-electron chi connectivity index (χ3n) is 2.55. The van der Waals surface area contributed by atoms with Gasteiger partial charge in [0.05, 0.1) is 18.1 Å². The molecule has 1 aliphatic rings. The highest BCUT2D eigenvalue weighted by molar-refractivity contribution is 6.17. The normalized spacial score (nSPS) is 19.8. The Kier molecular flexibility index (Phi) is 3.30. The maximum Gasteiger partial charge on any atom is 0.225 e. The Balaban J connectivity index is 2.11. The highest BCUT2D eigenvalue weighted by Gasteiger charge is 2.28. The fourth-order valence-electron chi connectivity index (χ4n) is 1.77. The van der Waals surface area contributed by atoms with E-state index in [0.717, 1.165) is 24.6 Å². The zero-order chi connectivity index (χ0) is 11.6. The molecule has 5 heteroatoms. The summed E-state index contributed by atoms with van der Waals surface area (Å²) in [5.74, 6) is 1.21. The Hall–Kier alpha value is -0.870. The van der Waals surface area contributed by atoms with Crippen molar-refractivity contribution in [2.24, 2.45) is 0 Å². The van der Waals surface area contributed by atoms with E-state index in [1.807, 2.05) is 0 Å². The molecule has 0 saturated carbocycles. The summed E-state index contributed by atoms with van der Waals surface area (Å²) in [4.78, 5) is 10.8. The molecule has 88 valence electrons. The van der Waals surface area contributed by atoms with Gasteiger partial charge < -0.3 is 9.64 Å². The first-order chi connectivity index (χ1) is 7.61. The molecule has 0 aliphatic carbocycles. The van der Waals surface area contributed by atoms with Crippen LogP contribution in [0.1, 0.15) is 19.4 Å². The van der Waals surface area contributed by atoms with E-state index in [9.17, 15) is 0 Å². The van der Waals surface area contributed by atoms with E-state index in [1.54, 1.807) is 12.4 Å². The van der Waals surface area contributed by atoms with Gasteiger partial charge in [0.2, 0.25) is 5.95 Å². The van der Waals surface area contributed by atoms with Gasteiger partial charge >= 0.3 is 0 Å². The van der Waals surface area contributed by atoms with Crippen molar-refractivity contribution in [2.75, 3.05) is 24.6 Å². The summed E-state index contributed by atoms with van der Waals surface area (Å²) in [5, 5.41) is 0. The predicted molar refractivity (Wildman–Crippen MR) is 63.8 cm³/mol. The molecular weight excluding hydrogens is 226 g/mol. The first-order valence-electron chi connectivity index (χ1n) is 5.36. The van der Waals surface area contributed by atoms with Crippen LogP contribution in [0.15, 0.2) is 12.4 Å². The number of morpholine rings is 1. The molecule has 0 atom stereocenters. The second-order valence-corrected chi connectivity index (χ2v) is 4.82. The zero-order valence-corrected chi connectivity index (χ0v) is 10.4. The van der Waals surface area contributed by atoms with E-state index >= 15 is 0 Å². The number of nitrogens with zero attached hydrogens (tertiary/aromatic N) is 3. The van der Waals surface area contributed by atoms with Gasteiger partial charge in [0.1, 0.15) is 0 Å². The maximum absolute atomic E-state index is 5.70. The van der Waals surface area contributed by atoms with E-state index in [2.05, 4.69) is 28.7 Å². The van der Waals surface area contributed by atoms with E-state index < -0.39 is 0 Å². The summed E-state index contributed by atoms with van der Waals surface area (Å²) in [5.41, 5.74) is 0.810. The average molecular weight is 242 g/mol. The smallest absolute Gasteiger partial charge is 0.225 e. The quantitative estimate of drug-likeness (QED) is 0.741. The first kappa shape index (κ1) is 11.6. The summed E-state index contributed by atoms with van der Waals surface area (Å²) in [6, 6.07) is 0. The van der Waals surface area contributed by atoms with Gasteiger partial charge in [0.25, 0.3) is 0 Å². The van der Waals surface area contributed by atoms with Crippen molar-refractivity contribution >= 4 is 17.5 Å². The second-order valence-electron chi connectivity index (χ2n) is 4.55. The summed E-state index contributed by atoms with van der Waals surface area (Å²) in [7, 11) is 0. The largest absolute Gasteiger partial charge is 0.372 e. The second kappa shape index (κ2) is 4.55. The summed E-state index contributed by atoms with van der Waals surface area (Å²) in [6.07, 6.45) is 3.55. The maximum atomic E-state index is 5.70. The fourth-order valence-corrected chi connectivity index (χ4v) is 1.91. The number of hydrogen-bond donors (Lipinski definition) is 0. The van der Waals surface area contributed by atoms with Crippen LogP contribution in [0.2, 0.25) is 0 Å². The Bertz CT molecular complexity index is 353. The SMILES string of the molecule is CC1(C)CN(c2ncc(CCl)cn2)CCO1. The molecule has 1 aromatic heterocycles. The molecule has 0 radical (unpaired) electrons. The Morgan fingerprint density at radius 2 is 2.12 bits per heavy atom. The molecule has 1 fully saturated rings. The van der Waals surface area contributed by atoms with Crippen molar-refractivity contribution in [3.05, 3.63) is 18.0 Å². The number of hydrogen-bond acceptors (Lipinski definition) is 4. The lowest BCUT2D eigenvalue weighted by Gasteiger charge is -2.38. The summed E-state index contributed by atoms with van der Waals surface area (Å²) in [6.45, 7) is 6.52. The van der Waals surface area contributed by atoms with E-state index in [0.29, 0.717) is 12.5 Å². The van der Waals surface area contributed by atoms with Crippen LogP contribution < -0.4 is 4.90 Å². The van der Waals surface area contributed by atoms with E-state index in [4.69, 9.17) is 16.3 Å². The molecule has 0 amide bonds. The van der Waals surface area contributed by atoms with Crippen LogP contribution in [0, 0.1) is 0 Å². The standard InChI is InChI=1S/C11H16ClN3O/c1-11(2)8-15(3-4-16-11)10-13-6-9(5-12)7-14-10/h6-7H,3-5,8H2,1-2H3. The van der Waals surface area contributed by atoms with Crippen molar-refractivity contribution in [1.29, 1.82) is 0 Å². The number of aromatic nitrogens is 2. The third-order valence-corrected chi connectivity index (χ3v) is 2.86. The molecule has 0 aromatic carbocycles. The van der Waals surface area contributed by atoms with Gasteiger partial charge in [-0.3, -0.25) is 0 Å². The first-order valence-corrected chi connectivity index (χ1v) is 5.90. The molecular formula is C11H16ClN3O. The molecule has 1 saturated heterocycles. The lowest BCUT2D eigenvalue weighted by molar-refractivity contribution is -0.0281. The van der Waals surface area contributed by atoms with Gasteiger partial charge in [-0.2, -0.15) is 0 Å². The van der Waals surface area contributed by atoms with Crippen LogP contribution in [0.25, 0.3) is 0 Å². The van der Waals surface area contributed by atoms with Crippen molar-refractivity contribution < 1.29 is 4.74 Å². The van der Waals surface area contributed by atoms with Crippen LogP contribution in [0.3, 0.4) is 0 Å². The fraction of sp³-hybridized carbons (Fsp3) is 0.636. The zero-order valence-electron chi connectivity index (χ0n) is 9.61. The number of ether oxygens (including phenoxy) is 1. The van der Waals surface area contributed by atoms with Gasteiger partial charge in [0, 0.05) is 31.0 Å². The topological polar surface area (TPSA) is 38.2 Å². The van der Waals surface area contributed by atoms with Gasteiger partial charge in [-0.1, -0.05) is 0 Å². The van der Waals surface area contributed by atoms with E-state index in [-0.39, 0.29) is 5.60 Å². The molecule has 1 aromatic rings. The molecule has 0 N–H and O–H groups in total. The Morgan fingerprint density at radius 1 is 1.44 bits per heavy atom. The summed E-state index contributed by atoms with van der Waals surface area (Å²) >= 11 is 5.70. The molecule has 2 rings (SSSR count). The minimum atomic E-state index is -0.132. The highest BCUT2D eigenvalue weighted by Crippen LogP contribution is 2.19. The van der Waals surface area contributed by atoms with Crippen molar-refractivity contribution in [3.8, 4) is 0 Å². The van der Waals surface area contributed by atoms with Crippen LogP contribution in [-0.2, 0) is 10.6 Å². The third kappa shape index (κ3) is 2.62.